The predicted octanol–water partition coefficient (Wildman–Crippen LogP) is -0.0138. The Morgan fingerprint density at radius 3 is 2.06 bits per heavy atom. The lowest BCUT2D eigenvalue weighted by Crippen LogP contribution is -2.41. The molecule has 186 valence electrons. The standard InChI is InChI=1S/C20H31Br2N5O6/c1-3-15(28)24-6-4-9-26-19(30)17(21)18(22)20(31)27(26)10-5-16(29)25-8-12-33-14-13-32-11-7-23-2/h3,23H,1,4-14H2,2H3,(H,24,28)(H,25,29). The molecule has 0 aliphatic rings. The van der Waals surface area contributed by atoms with Crippen molar-refractivity contribution in [3.63, 3.8) is 0 Å². The maximum absolute atomic E-state index is 12.7. The predicted molar refractivity (Wildman–Crippen MR) is 131 cm³/mol. The molecule has 1 aromatic heterocycles. The van der Waals surface area contributed by atoms with Crippen LogP contribution >= 0.6 is 31.9 Å². The van der Waals surface area contributed by atoms with E-state index < -0.39 is 11.1 Å². The Morgan fingerprint density at radius 2 is 1.48 bits per heavy atom. The summed E-state index contributed by atoms with van der Waals surface area (Å²) in [4.78, 5) is 48.7. The number of hydrogen-bond acceptors (Lipinski definition) is 7. The first kappa shape index (κ1) is 29.2. The van der Waals surface area contributed by atoms with Crippen LogP contribution in [0.25, 0.3) is 0 Å². The molecule has 0 aliphatic carbocycles. The van der Waals surface area contributed by atoms with E-state index in [4.69, 9.17) is 9.47 Å². The van der Waals surface area contributed by atoms with Gasteiger partial charge in [-0.05, 0) is 51.4 Å². The zero-order valence-corrected chi connectivity index (χ0v) is 21.8. The van der Waals surface area contributed by atoms with Crippen LogP contribution < -0.4 is 27.1 Å². The number of carbonyl (C=O) groups is 2. The van der Waals surface area contributed by atoms with Crippen molar-refractivity contribution in [1.29, 1.82) is 0 Å². The minimum atomic E-state index is -0.439. The van der Waals surface area contributed by atoms with Crippen LogP contribution in [0.3, 0.4) is 0 Å². The van der Waals surface area contributed by atoms with Gasteiger partial charge in [0.05, 0.1) is 33.0 Å². The summed E-state index contributed by atoms with van der Waals surface area (Å²) in [6.45, 7) is 6.83. The van der Waals surface area contributed by atoms with E-state index in [2.05, 4.69) is 54.4 Å². The molecular weight excluding hydrogens is 566 g/mol. The van der Waals surface area contributed by atoms with Gasteiger partial charge in [0.2, 0.25) is 11.8 Å². The number of carbonyl (C=O) groups excluding carboxylic acids is 2. The Balaban J connectivity index is 2.56. The monoisotopic (exact) mass is 595 g/mol. The van der Waals surface area contributed by atoms with Gasteiger partial charge in [-0.2, -0.15) is 0 Å². The van der Waals surface area contributed by atoms with Crippen LogP contribution in [0.15, 0.2) is 31.2 Å². The van der Waals surface area contributed by atoms with Gasteiger partial charge < -0.3 is 25.4 Å². The van der Waals surface area contributed by atoms with E-state index in [1.807, 2.05) is 7.05 Å². The number of aromatic nitrogens is 2. The Morgan fingerprint density at radius 1 is 0.909 bits per heavy atom. The molecule has 0 spiro atoms. The van der Waals surface area contributed by atoms with Crippen molar-refractivity contribution in [2.24, 2.45) is 0 Å². The molecule has 1 aromatic rings. The van der Waals surface area contributed by atoms with E-state index in [-0.39, 0.29) is 40.3 Å². The highest BCUT2D eigenvalue weighted by molar-refractivity contribution is 9.13. The van der Waals surface area contributed by atoms with Gasteiger partial charge >= 0.3 is 0 Å². The lowest BCUT2D eigenvalue weighted by molar-refractivity contribution is -0.121. The largest absolute Gasteiger partial charge is 0.378 e. The van der Waals surface area contributed by atoms with E-state index in [1.165, 1.54) is 9.36 Å². The molecule has 1 heterocycles. The van der Waals surface area contributed by atoms with Crippen molar-refractivity contribution in [1.82, 2.24) is 25.3 Å². The fourth-order valence-electron chi connectivity index (χ4n) is 2.65. The second-order valence-corrected chi connectivity index (χ2v) is 8.35. The third-order valence-corrected chi connectivity index (χ3v) is 6.35. The van der Waals surface area contributed by atoms with E-state index in [9.17, 15) is 19.2 Å². The Bertz CT molecular complexity index is 902. The number of nitrogens with one attached hydrogen (secondary N) is 3. The Labute approximate surface area is 209 Å². The first-order chi connectivity index (χ1) is 15.8. The molecular formula is C20H31Br2N5O6. The summed E-state index contributed by atoms with van der Waals surface area (Å²) in [6.07, 6.45) is 1.57. The molecule has 0 fully saturated rings. The van der Waals surface area contributed by atoms with E-state index >= 15 is 0 Å². The van der Waals surface area contributed by atoms with Crippen molar-refractivity contribution in [2.45, 2.75) is 25.9 Å². The molecule has 0 saturated heterocycles. The molecule has 0 unspecified atom stereocenters. The molecule has 0 radical (unpaired) electrons. The van der Waals surface area contributed by atoms with Crippen molar-refractivity contribution >= 4 is 43.7 Å². The lowest BCUT2D eigenvalue weighted by Gasteiger charge is -2.17. The summed E-state index contributed by atoms with van der Waals surface area (Å²) in [5.74, 6) is -0.592. The number of amides is 2. The summed E-state index contributed by atoms with van der Waals surface area (Å²) in [5, 5.41) is 8.31. The van der Waals surface area contributed by atoms with Crippen LogP contribution in [0.5, 0.6) is 0 Å². The molecule has 1 rings (SSSR count). The minimum Gasteiger partial charge on any atom is -0.378 e. The fourth-order valence-corrected chi connectivity index (χ4v) is 3.39. The molecule has 13 heteroatoms. The zero-order valence-electron chi connectivity index (χ0n) is 18.7. The van der Waals surface area contributed by atoms with Crippen molar-refractivity contribution in [3.05, 3.63) is 42.3 Å². The lowest BCUT2D eigenvalue weighted by atomic mass is 10.3. The molecule has 0 aliphatic heterocycles. The van der Waals surface area contributed by atoms with Crippen LogP contribution in [0.1, 0.15) is 12.8 Å². The second kappa shape index (κ2) is 16.8. The van der Waals surface area contributed by atoms with E-state index in [0.717, 1.165) is 12.6 Å². The second-order valence-electron chi connectivity index (χ2n) is 6.76. The first-order valence-corrected chi connectivity index (χ1v) is 12.1. The van der Waals surface area contributed by atoms with Crippen LogP contribution in [-0.2, 0) is 32.2 Å². The van der Waals surface area contributed by atoms with Gasteiger partial charge in [-0.1, -0.05) is 6.58 Å². The molecule has 0 bridgehead atoms. The van der Waals surface area contributed by atoms with Crippen molar-refractivity contribution < 1.29 is 19.1 Å². The average molecular weight is 597 g/mol. The smallest absolute Gasteiger partial charge is 0.280 e. The number of rotatable bonds is 17. The van der Waals surface area contributed by atoms with Gasteiger partial charge in [-0.25, -0.2) is 9.36 Å². The molecule has 11 nitrogen and oxygen atoms in total. The number of halogens is 2. The topological polar surface area (TPSA) is 133 Å². The average Bonchev–Trinajstić information content (AvgIpc) is 2.81. The Hall–Kier alpha value is -1.80. The normalized spacial score (nSPS) is 10.8. The quantitative estimate of drug-likeness (QED) is 0.170. The highest BCUT2D eigenvalue weighted by Crippen LogP contribution is 2.14. The number of nitrogens with zero attached hydrogens (tertiary/aromatic N) is 2. The van der Waals surface area contributed by atoms with Crippen LogP contribution in [-0.4, -0.2) is 74.3 Å². The summed E-state index contributed by atoms with van der Waals surface area (Å²) in [7, 11) is 1.85. The van der Waals surface area contributed by atoms with Crippen molar-refractivity contribution in [3.8, 4) is 0 Å². The zero-order chi connectivity index (χ0) is 24.6. The van der Waals surface area contributed by atoms with Gasteiger partial charge in [-0.15, -0.1) is 0 Å². The highest BCUT2D eigenvalue weighted by atomic mass is 79.9. The Kier molecular flexibility index (Phi) is 14.8. The van der Waals surface area contributed by atoms with Crippen molar-refractivity contribution in [2.75, 3.05) is 53.1 Å². The van der Waals surface area contributed by atoms with Gasteiger partial charge in [-0.3, -0.25) is 19.2 Å². The maximum atomic E-state index is 12.7. The molecule has 0 atom stereocenters. The third kappa shape index (κ3) is 10.8. The highest BCUT2D eigenvalue weighted by Gasteiger charge is 2.16. The molecule has 2 amide bonds. The van der Waals surface area contributed by atoms with Crippen LogP contribution in [0.2, 0.25) is 0 Å². The first-order valence-electron chi connectivity index (χ1n) is 10.5. The maximum Gasteiger partial charge on any atom is 0.280 e. The number of likely N-dealkylation sites (N-methyl/N-ethyl adjacent to an activating group) is 1. The van der Waals surface area contributed by atoms with Gasteiger partial charge in [0.15, 0.2) is 0 Å². The summed E-state index contributed by atoms with van der Waals surface area (Å²) >= 11 is 6.25. The molecule has 0 saturated carbocycles. The summed E-state index contributed by atoms with van der Waals surface area (Å²) < 4.78 is 13.4. The van der Waals surface area contributed by atoms with Gasteiger partial charge in [0.25, 0.3) is 11.1 Å². The summed E-state index contributed by atoms with van der Waals surface area (Å²) in [5.41, 5.74) is -0.853. The molecule has 0 aromatic carbocycles. The van der Waals surface area contributed by atoms with Gasteiger partial charge in [0.1, 0.15) is 8.95 Å². The SMILES string of the molecule is C=CC(=O)NCCCn1c(=O)c(Br)c(Br)c(=O)n1CCC(=O)NCCOCCOCCNC. The molecule has 33 heavy (non-hydrogen) atoms. The number of ether oxygens (including phenoxy) is 2. The van der Waals surface area contributed by atoms with Gasteiger partial charge in [0, 0.05) is 32.6 Å². The summed E-state index contributed by atoms with van der Waals surface area (Å²) in [6, 6.07) is 0. The van der Waals surface area contributed by atoms with Crippen LogP contribution in [0, 0.1) is 0 Å². The van der Waals surface area contributed by atoms with E-state index in [1.54, 1.807) is 0 Å². The molecule has 3 N–H and O–H groups in total. The van der Waals surface area contributed by atoms with E-state index in [0.29, 0.717) is 45.9 Å². The third-order valence-electron chi connectivity index (χ3n) is 4.35. The minimum absolute atomic E-state index is 0.00769. The van der Waals surface area contributed by atoms with Crippen LogP contribution in [0.4, 0.5) is 0 Å². The fraction of sp³-hybridized carbons (Fsp3) is 0.600. The number of hydrogen-bond donors (Lipinski definition) is 3.